The molecule has 80 valence electrons. The summed E-state index contributed by atoms with van der Waals surface area (Å²) in [6.07, 6.45) is 4.71. The zero-order valence-electron chi connectivity index (χ0n) is 8.48. The average molecular weight is 286 g/mol. The highest BCUT2D eigenvalue weighted by Crippen LogP contribution is 2.33. The summed E-state index contributed by atoms with van der Waals surface area (Å²) in [7, 11) is 2.15. The van der Waals surface area contributed by atoms with Gasteiger partial charge in [0.25, 0.3) is 0 Å². The minimum absolute atomic E-state index is 0.715. The Balaban J connectivity index is 2.11. The van der Waals surface area contributed by atoms with Crippen molar-refractivity contribution in [1.29, 1.82) is 0 Å². The Morgan fingerprint density at radius 2 is 2.47 bits per heavy atom. The lowest BCUT2D eigenvalue weighted by Crippen LogP contribution is -2.21. The fraction of sp³-hybridized carbons (Fsp3) is 0.500. The molecule has 0 amide bonds. The van der Waals surface area contributed by atoms with Gasteiger partial charge in [0, 0.05) is 30.0 Å². The van der Waals surface area contributed by atoms with Crippen LogP contribution < -0.4 is 4.90 Å². The fourth-order valence-electron chi connectivity index (χ4n) is 1.86. The van der Waals surface area contributed by atoms with Crippen LogP contribution in [0.2, 0.25) is 0 Å². The summed E-state index contributed by atoms with van der Waals surface area (Å²) in [6.45, 7) is 0. The van der Waals surface area contributed by atoms with Crippen LogP contribution in [0.4, 0.5) is 5.82 Å². The van der Waals surface area contributed by atoms with Gasteiger partial charge in [0.15, 0.2) is 10.8 Å². The first-order chi connectivity index (χ1) is 7.31. The Morgan fingerprint density at radius 1 is 1.67 bits per heavy atom. The van der Waals surface area contributed by atoms with Crippen molar-refractivity contribution >= 4 is 38.0 Å². The van der Waals surface area contributed by atoms with E-state index in [1.165, 1.54) is 18.5 Å². The number of rotatable bonds is 3. The largest absolute Gasteiger partial charge is 0.355 e. The van der Waals surface area contributed by atoms with Crippen molar-refractivity contribution < 1.29 is 0 Å². The van der Waals surface area contributed by atoms with Crippen LogP contribution in [0.25, 0.3) is 4.96 Å². The van der Waals surface area contributed by atoms with Crippen LogP contribution in [0, 0.1) is 0 Å². The Hall–Kier alpha value is -0.550. The van der Waals surface area contributed by atoms with Gasteiger partial charge < -0.3 is 4.90 Å². The normalized spacial score (nSPS) is 16.1. The molecule has 1 fully saturated rings. The predicted octanol–water partition coefficient (Wildman–Crippen LogP) is 2.89. The summed E-state index contributed by atoms with van der Waals surface area (Å²) in [6, 6.07) is 0.715. The average Bonchev–Trinajstić information content (AvgIpc) is 2.88. The van der Waals surface area contributed by atoms with Crippen molar-refractivity contribution in [2.24, 2.45) is 0 Å². The molecule has 1 aliphatic carbocycles. The van der Waals surface area contributed by atoms with Gasteiger partial charge in [-0.3, -0.25) is 4.40 Å². The molecule has 5 heteroatoms. The topological polar surface area (TPSA) is 20.5 Å². The van der Waals surface area contributed by atoms with Gasteiger partial charge in [-0.1, -0.05) is 15.9 Å². The highest BCUT2D eigenvalue weighted by molar-refractivity contribution is 9.08. The van der Waals surface area contributed by atoms with Gasteiger partial charge in [0.2, 0.25) is 0 Å². The SMILES string of the molecule is CN(c1nc2sccn2c1CBr)C1CC1. The molecule has 0 spiro atoms. The summed E-state index contributed by atoms with van der Waals surface area (Å²) >= 11 is 5.24. The molecular formula is C10H12BrN3S. The fourth-order valence-corrected chi connectivity index (χ4v) is 3.11. The third kappa shape index (κ3) is 1.49. The summed E-state index contributed by atoms with van der Waals surface area (Å²) in [5.41, 5.74) is 1.26. The lowest BCUT2D eigenvalue weighted by Gasteiger charge is -2.16. The van der Waals surface area contributed by atoms with E-state index in [-0.39, 0.29) is 0 Å². The van der Waals surface area contributed by atoms with Crippen molar-refractivity contribution in [3.63, 3.8) is 0 Å². The maximum absolute atomic E-state index is 4.68. The third-order valence-electron chi connectivity index (χ3n) is 2.90. The summed E-state index contributed by atoms with van der Waals surface area (Å²) in [5, 5.41) is 2.94. The Morgan fingerprint density at radius 3 is 3.13 bits per heavy atom. The van der Waals surface area contributed by atoms with Gasteiger partial charge in [-0.05, 0) is 12.8 Å². The number of fused-ring (bicyclic) bond motifs is 1. The lowest BCUT2D eigenvalue weighted by atomic mass is 10.4. The Labute approximate surface area is 101 Å². The summed E-state index contributed by atoms with van der Waals surface area (Å²) in [4.78, 5) is 8.09. The molecular weight excluding hydrogens is 274 g/mol. The molecule has 1 saturated carbocycles. The number of imidazole rings is 1. The Bertz CT molecular complexity index is 486. The highest BCUT2D eigenvalue weighted by Gasteiger charge is 2.29. The number of alkyl halides is 1. The third-order valence-corrected chi connectivity index (χ3v) is 4.18. The van der Waals surface area contributed by atoms with Gasteiger partial charge in [-0.2, -0.15) is 0 Å². The van der Waals surface area contributed by atoms with E-state index in [9.17, 15) is 0 Å². The first kappa shape index (κ1) is 9.66. The summed E-state index contributed by atoms with van der Waals surface area (Å²) < 4.78 is 2.17. The van der Waals surface area contributed by atoms with E-state index in [0.717, 1.165) is 16.1 Å². The van der Waals surface area contributed by atoms with E-state index in [4.69, 9.17) is 0 Å². The molecule has 2 aromatic heterocycles. The van der Waals surface area contributed by atoms with Crippen LogP contribution in [-0.2, 0) is 5.33 Å². The van der Waals surface area contributed by atoms with Crippen molar-refractivity contribution in [3.8, 4) is 0 Å². The van der Waals surface area contributed by atoms with Crippen LogP contribution in [-0.4, -0.2) is 22.5 Å². The zero-order chi connectivity index (χ0) is 10.4. The number of hydrogen-bond donors (Lipinski definition) is 0. The molecule has 0 unspecified atom stereocenters. The van der Waals surface area contributed by atoms with Crippen molar-refractivity contribution in [1.82, 2.24) is 9.38 Å². The molecule has 3 nitrogen and oxygen atoms in total. The standard InChI is InChI=1S/C10H12BrN3S/c1-13(7-2-3-7)9-8(6-11)14-4-5-15-10(14)12-9/h4-5,7H,2-3,6H2,1H3. The minimum Gasteiger partial charge on any atom is -0.355 e. The van der Waals surface area contributed by atoms with Crippen molar-refractivity contribution in [2.45, 2.75) is 24.2 Å². The second-order valence-electron chi connectivity index (χ2n) is 3.91. The van der Waals surface area contributed by atoms with E-state index < -0.39 is 0 Å². The van der Waals surface area contributed by atoms with Crippen LogP contribution in [0.1, 0.15) is 18.5 Å². The van der Waals surface area contributed by atoms with Crippen molar-refractivity contribution in [2.75, 3.05) is 11.9 Å². The molecule has 2 aromatic rings. The number of nitrogens with zero attached hydrogens (tertiary/aromatic N) is 3. The van der Waals surface area contributed by atoms with Crippen molar-refractivity contribution in [3.05, 3.63) is 17.3 Å². The molecule has 0 bridgehead atoms. The molecule has 0 N–H and O–H groups in total. The summed E-state index contributed by atoms with van der Waals surface area (Å²) in [5.74, 6) is 1.14. The molecule has 3 rings (SSSR count). The van der Waals surface area contributed by atoms with E-state index in [1.807, 2.05) is 0 Å². The number of thiazole rings is 1. The van der Waals surface area contributed by atoms with Crippen LogP contribution in [0.5, 0.6) is 0 Å². The molecule has 0 atom stereocenters. The van der Waals surface area contributed by atoms with E-state index in [1.54, 1.807) is 11.3 Å². The first-order valence-corrected chi connectivity index (χ1v) is 7.04. The smallest absolute Gasteiger partial charge is 0.195 e. The molecule has 0 aromatic carbocycles. The van der Waals surface area contributed by atoms with Crippen LogP contribution in [0.3, 0.4) is 0 Å². The monoisotopic (exact) mass is 285 g/mol. The maximum Gasteiger partial charge on any atom is 0.195 e. The number of anilines is 1. The zero-order valence-corrected chi connectivity index (χ0v) is 10.9. The van der Waals surface area contributed by atoms with Crippen LogP contribution in [0.15, 0.2) is 11.6 Å². The first-order valence-electron chi connectivity index (χ1n) is 5.04. The Kier molecular flexibility index (Phi) is 2.25. The second kappa shape index (κ2) is 3.49. The molecule has 0 radical (unpaired) electrons. The molecule has 1 aliphatic rings. The lowest BCUT2D eigenvalue weighted by molar-refractivity contribution is 0.890. The minimum atomic E-state index is 0.715. The highest BCUT2D eigenvalue weighted by atomic mass is 79.9. The molecule has 0 aliphatic heterocycles. The number of halogens is 1. The number of aromatic nitrogens is 2. The maximum atomic E-state index is 4.68. The van der Waals surface area contributed by atoms with Gasteiger partial charge in [-0.25, -0.2) is 4.98 Å². The van der Waals surface area contributed by atoms with Gasteiger partial charge in [-0.15, -0.1) is 11.3 Å². The molecule has 2 heterocycles. The number of hydrogen-bond acceptors (Lipinski definition) is 3. The van der Waals surface area contributed by atoms with E-state index in [2.05, 4.69) is 48.8 Å². The van der Waals surface area contributed by atoms with Gasteiger partial charge in [0.1, 0.15) is 0 Å². The quantitative estimate of drug-likeness (QED) is 0.809. The molecule has 0 saturated heterocycles. The van der Waals surface area contributed by atoms with E-state index >= 15 is 0 Å². The van der Waals surface area contributed by atoms with Gasteiger partial charge >= 0.3 is 0 Å². The van der Waals surface area contributed by atoms with E-state index in [0.29, 0.717) is 6.04 Å². The predicted molar refractivity (Wildman–Crippen MR) is 67.1 cm³/mol. The molecule has 15 heavy (non-hydrogen) atoms. The van der Waals surface area contributed by atoms with Crippen LogP contribution >= 0.6 is 27.3 Å². The van der Waals surface area contributed by atoms with Gasteiger partial charge in [0.05, 0.1) is 5.69 Å². The second-order valence-corrected chi connectivity index (χ2v) is 5.35.